The van der Waals surface area contributed by atoms with Crippen molar-refractivity contribution in [2.75, 3.05) is 49.5 Å². The van der Waals surface area contributed by atoms with Crippen LogP contribution in [0.2, 0.25) is 0 Å². The lowest BCUT2D eigenvalue weighted by Crippen LogP contribution is -2.48. The zero-order valence-electron chi connectivity index (χ0n) is 15.0. The Labute approximate surface area is 153 Å². The van der Waals surface area contributed by atoms with E-state index < -0.39 is 0 Å². The van der Waals surface area contributed by atoms with E-state index in [1.165, 1.54) is 12.1 Å². The number of nitrogens with zero attached hydrogens (tertiary/aromatic N) is 2. The van der Waals surface area contributed by atoms with Gasteiger partial charge in [0.05, 0.1) is 18.8 Å². The van der Waals surface area contributed by atoms with Crippen molar-refractivity contribution in [2.45, 2.75) is 6.92 Å². The normalized spacial score (nSPS) is 14.9. The highest BCUT2D eigenvalue weighted by Crippen LogP contribution is 2.28. The van der Waals surface area contributed by atoms with Gasteiger partial charge in [0, 0.05) is 31.9 Å². The highest BCUT2D eigenvalue weighted by Gasteiger charge is 2.21. The van der Waals surface area contributed by atoms with Gasteiger partial charge in [0.2, 0.25) is 5.91 Å². The number of nitrogens with one attached hydrogen (secondary N) is 1. The van der Waals surface area contributed by atoms with Crippen LogP contribution in [0, 0.1) is 5.82 Å². The molecular weight excluding hydrogens is 333 g/mol. The molecule has 0 saturated carbocycles. The van der Waals surface area contributed by atoms with Crippen LogP contribution in [0.4, 0.5) is 15.8 Å². The van der Waals surface area contributed by atoms with E-state index in [2.05, 4.69) is 21.2 Å². The number of anilines is 2. The molecule has 0 unspecified atom stereocenters. The molecule has 2 aromatic rings. The van der Waals surface area contributed by atoms with Crippen molar-refractivity contribution in [3.8, 4) is 5.75 Å². The highest BCUT2D eigenvalue weighted by atomic mass is 19.1. The molecule has 1 aliphatic rings. The van der Waals surface area contributed by atoms with Gasteiger partial charge in [0.1, 0.15) is 11.6 Å². The first-order valence-electron chi connectivity index (χ1n) is 8.90. The number of carbonyl (C=O) groups excluding carboxylic acids is 1. The van der Waals surface area contributed by atoms with E-state index in [1.807, 2.05) is 25.1 Å². The van der Waals surface area contributed by atoms with Crippen LogP contribution in [0.3, 0.4) is 0 Å². The van der Waals surface area contributed by atoms with Gasteiger partial charge in [-0.25, -0.2) is 4.39 Å². The van der Waals surface area contributed by atoms with Gasteiger partial charge < -0.3 is 15.0 Å². The van der Waals surface area contributed by atoms with Crippen molar-refractivity contribution in [2.24, 2.45) is 0 Å². The fraction of sp³-hybridized carbons (Fsp3) is 0.350. The Bertz CT molecular complexity index is 728. The van der Waals surface area contributed by atoms with Gasteiger partial charge in [-0.2, -0.15) is 0 Å². The summed E-state index contributed by atoms with van der Waals surface area (Å²) in [6.07, 6.45) is 0. The second-order valence-corrected chi connectivity index (χ2v) is 6.22. The lowest BCUT2D eigenvalue weighted by Gasteiger charge is -2.36. The summed E-state index contributed by atoms with van der Waals surface area (Å²) in [5.74, 6) is 0.503. The Kier molecular flexibility index (Phi) is 6.07. The Morgan fingerprint density at radius 3 is 2.46 bits per heavy atom. The smallest absolute Gasteiger partial charge is 0.238 e. The van der Waals surface area contributed by atoms with Gasteiger partial charge in [0.15, 0.2) is 0 Å². The molecule has 1 fully saturated rings. The minimum atomic E-state index is -0.313. The molecule has 1 heterocycles. The van der Waals surface area contributed by atoms with E-state index in [1.54, 1.807) is 12.1 Å². The Morgan fingerprint density at radius 2 is 1.77 bits per heavy atom. The zero-order valence-corrected chi connectivity index (χ0v) is 15.0. The van der Waals surface area contributed by atoms with E-state index in [9.17, 15) is 9.18 Å². The lowest BCUT2D eigenvalue weighted by molar-refractivity contribution is -0.117. The highest BCUT2D eigenvalue weighted by molar-refractivity contribution is 5.92. The molecular formula is C20H24FN3O2. The molecule has 138 valence electrons. The Morgan fingerprint density at radius 1 is 1.08 bits per heavy atom. The van der Waals surface area contributed by atoms with Gasteiger partial charge in [-0.05, 0) is 43.3 Å². The molecule has 0 atom stereocenters. The van der Waals surface area contributed by atoms with Gasteiger partial charge in [-0.3, -0.25) is 9.69 Å². The van der Waals surface area contributed by atoms with Crippen LogP contribution in [-0.4, -0.2) is 50.1 Å². The molecule has 1 aliphatic heterocycles. The third kappa shape index (κ3) is 4.73. The van der Waals surface area contributed by atoms with E-state index in [-0.39, 0.29) is 11.7 Å². The quantitative estimate of drug-likeness (QED) is 0.863. The van der Waals surface area contributed by atoms with Crippen molar-refractivity contribution in [1.82, 2.24) is 4.90 Å². The van der Waals surface area contributed by atoms with E-state index in [0.717, 1.165) is 37.6 Å². The lowest BCUT2D eigenvalue weighted by atomic mass is 10.2. The molecule has 6 heteroatoms. The number of piperazine rings is 1. The van der Waals surface area contributed by atoms with E-state index >= 15 is 0 Å². The number of amides is 1. The molecule has 5 nitrogen and oxygen atoms in total. The summed E-state index contributed by atoms with van der Waals surface area (Å²) in [6.45, 7) is 6.24. The third-order valence-electron chi connectivity index (χ3n) is 4.37. The molecule has 1 saturated heterocycles. The maximum atomic E-state index is 12.9. The summed E-state index contributed by atoms with van der Waals surface area (Å²) < 4.78 is 18.6. The predicted octanol–water partition coefficient (Wildman–Crippen LogP) is 2.99. The number of hydrogen-bond acceptors (Lipinski definition) is 4. The number of rotatable bonds is 6. The summed E-state index contributed by atoms with van der Waals surface area (Å²) in [5, 5.41) is 2.80. The molecule has 0 aliphatic carbocycles. The monoisotopic (exact) mass is 357 g/mol. The molecule has 1 N–H and O–H groups in total. The molecule has 3 rings (SSSR count). The summed E-state index contributed by atoms with van der Waals surface area (Å²) in [5.41, 5.74) is 1.71. The minimum Gasteiger partial charge on any atom is -0.492 e. The maximum absolute atomic E-state index is 12.9. The van der Waals surface area contributed by atoms with Gasteiger partial charge in [-0.1, -0.05) is 12.1 Å². The van der Waals surface area contributed by atoms with Crippen LogP contribution in [0.5, 0.6) is 5.75 Å². The van der Waals surface area contributed by atoms with Crippen LogP contribution in [-0.2, 0) is 4.79 Å². The van der Waals surface area contributed by atoms with Crippen molar-refractivity contribution < 1.29 is 13.9 Å². The molecule has 2 aromatic carbocycles. The number of hydrogen-bond donors (Lipinski definition) is 1. The maximum Gasteiger partial charge on any atom is 0.238 e. The largest absolute Gasteiger partial charge is 0.492 e. The number of para-hydroxylation sites is 2. The summed E-state index contributed by atoms with van der Waals surface area (Å²) in [6, 6.07) is 13.9. The molecule has 0 bridgehead atoms. The predicted molar refractivity (Wildman–Crippen MR) is 101 cm³/mol. The van der Waals surface area contributed by atoms with Gasteiger partial charge in [0.25, 0.3) is 0 Å². The first kappa shape index (κ1) is 18.2. The molecule has 0 spiro atoms. The molecule has 26 heavy (non-hydrogen) atoms. The number of halogens is 1. The van der Waals surface area contributed by atoms with Crippen LogP contribution in [0.15, 0.2) is 48.5 Å². The minimum absolute atomic E-state index is 0.0835. The fourth-order valence-corrected chi connectivity index (χ4v) is 3.08. The summed E-state index contributed by atoms with van der Waals surface area (Å²) >= 11 is 0. The van der Waals surface area contributed by atoms with Crippen LogP contribution in [0.1, 0.15) is 6.92 Å². The number of carbonyl (C=O) groups is 1. The summed E-state index contributed by atoms with van der Waals surface area (Å²) in [4.78, 5) is 16.6. The van der Waals surface area contributed by atoms with E-state index in [4.69, 9.17) is 4.74 Å². The van der Waals surface area contributed by atoms with Crippen LogP contribution < -0.4 is 15.0 Å². The Hall–Kier alpha value is -2.60. The second kappa shape index (κ2) is 8.67. The molecule has 1 amide bonds. The second-order valence-electron chi connectivity index (χ2n) is 6.22. The fourth-order valence-electron chi connectivity index (χ4n) is 3.08. The standard InChI is InChI=1S/C20H24FN3O2/c1-2-26-19-6-4-3-5-18(19)24-13-11-23(12-14-24)15-20(25)22-17-9-7-16(21)8-10-17/h3-10H,2,11-15H2,1H3,(H,22,25). The third-order valence-corrected chi connectivity index (χ3v) is 4.37. The SMILES string of the molecule is CCOc1ccccc1N1CCN(CC(=O)Nc2ccc(F)cc2)CC1. The van der Waals surface area contributed by atoms with Gasteiger partial charge in [-0.15, -0.1) is 0 Å². The first-order chi connectivity index (χ1) is 12.7. The number of ether oxygens (including phenoxy) is 1. The molecule has 0 radical (unpaired) electrons. The summed E-state index contributed by atoms with van der Waals surface area (Å²) in [7, 11) is 0. The number of benzene rings is 2. The Balaban J connectivity index is 1.51. The average Bonchev–Trinajstić information content (AvgIpc) is 2.65. The van der Waals surface area contributed by atoms with Crippen molar-refractivity contribution in [1.29, 1.82) is 0 Å². The van der Waals surface area contributed by atoms with Crippen molar-refractivity contribution in [3.63, 3.8) is 0 Å². The zero-order chi connectivity index (χ0) is 18.4. The van der Waals surface area contributed by atoms with E-state index in [0.29, 0.717) is 18.8 Å². The first-order valence-corrected chi connectivity index (χ1v) is 8.90. The molecule has 0 aromatic heterocycles. The van der Waals surface area contributed by atoms with Crippen molar-refractivity contribution in [3.05, 3.63) is 54.3 Å². The average molecular weight is 357 g/mol. The topological polar surface area (TPSA) is 44.8 Å². The van der Waals surface area contributed by atoms with Crippen LogP contribution >= 0.6 is 0 Å². The van der Waals surface area contributed by atoms with Crippen molar-refractivity contribution >= 4 is 17.3 Å². The van der Waals surface area contributed by atoms with Crippen LogP contribution in [0.25, 0.3) is 0 Å². The van der Waals surface area contributed by atoms with Gasteiger partial charge >= 0.3 is 0 Å².